The summed E-state index contributed by atoms with van der Waals surface area (Å²) in [5, 5.41) is 7.20. The number of carbonyl (C=O) groups is 1. The van der Waals surface area contributed by atoms with Gasteiger partial charge in [0.25, 0.3) is 0 Å². The van der Waals surface area contributed by atoms with Crippen molar-refractivity contribution >= 4 is 11.7 Å². The number of nitrogens with zero attached hydrogens (tertiary/aromatic N) is 4. The molecule has 1 aromatic rings. The van der Waals surface area contributed by atoms with Crippen LogP contribution in [0.15, 0.2) is 12.3 Å². The van der Waals surface area contributed by atoms with Crippen LogP contribution in [0, 0.1) is 11.8 Å². The van der Waals surface area contributed by atoms with Crippen LogP contribution in [-0.2, 0) is 11.8 Å². The number of piperidine rings is 3. The van der Waals surface area contributed by atoms with Gasteiger partial charge in [-0.25, -0.2) is 0 Å². The zero-order chi connectivity index (χ0) is 18.1. The lowest BCUT2D eigenvalue weighted by atomic mass is 9.71. The highest BCUT2D eigenvalue weighted by Crippen LogP contribution is 2.42. The molecule has 0 unspecified atom stereocenters. The first-order valence-electron chi connectivity index (χ1n) is 10.4. The molecule has 3 aliphatic rings. The molecule has 1 aromatic heterocycles. The van der Waals surface area contributed by atoms with Gasteiger partial charge in [-0.1, -0.05) is 19.8 Å². The van der Waals surface area contributed by atoms with Crippen molar-refractivity contribution in [3.8, 4) is 0 Å². The summed E-state index contributed by atoms with van der Waals surface area (Å²) in [5.41, 5.74) is 0. The van der Waals surface area contributed by atoms with Crippen molar-refractivity contribution in [2.24, 2.45) is 18.9 Å². The van der Waals surface area contributed by atoms with Crippen LogP contribution in [0.5, 0.6) is 0 Å². The Labute approximate surface area is 156 Å². The first kappa shape index (κ1) is 18.0. The molecule has 2 bridgehead atoms. The van der Waals surface area contributed by atoms with Gasteiger partial charge in [0, 0.05) is 44.5 Å². The largest absolute Gasteiger partial charge is 0.308 e. The highest BCUT2D eigenvalue weighted by atomic mass is 16.2. The molecule has 1 N–H and O–H groups in total. The zero-order valence-corrected chi connectivity index (χ0v) is 16.2. The molecule has 0 saturated carbocycles. The predicted octanol–water partition coefficient (Wildman–Crippen LogP) is 2.33. The lowest BCUT2D eigenvalue weighted by molar-refractivity contribution is -0.120. The molecule has 0 aliphatic carbocycles. The zero-order valence-electron chi connectivity index (χ0n) is 16.2. The van der Waals surface area contributed by atoms with Gasteiger partial charge in [-0.3, -0.25) is 19.3 Å². The number of hydrogen-bond acceptors (Lipinski definition) is 4. The molecule has 1 amide bonds. The average molecular weight is 360 g/mol. The third-order valence-electron chi connectivity index (χ3n) is 6.63. The maximum Gasteiger partial charge on any atom is 0.239 e. The maximum atomic E-state index is 12.5. The Morgan fingerprint density at radius 1 is 1.31 bits per heavy atom. The van der Waals surface area contributed by atoms with E-state index in [0.717, 1.165) is 37.0 Å². The van der Waals surface area contributed by atoms with E-state index in [1.165, 1.54) is 45.1 Å². The van der Waals surface area contributed by atoms with Crippen molar-refractivity contribution in [2.45, 2.75) is 57.5 Å². The number of carbonyl (C=O) groups excluding carboxylic acids is 1. The summed E-state index contributed by atoms with van der Waals surface area (Å²) >= 11 is 0. The number of amides is 1. The Bertz CT molecular complexity index is 629. The van der Waals surface area contributed by atoms with Gasteiger partial charge in [-0.2, -0.15) is 5.10 Å². The van der Waals surface area contributed by atoms with Crippen LogP contribution in [0.4, 0.5) is 5.82 Å². The van der Waals surface area contributed by atoms with Crippen LogP contribution < -0.4 is 5.32 Å². The van der Waals surface area contributed by atoms with Gasteiger partial charge in [-0.15, -0.1) is 0 Å². The number of rotatable bonds is 5. The van der Waals surface area contributed by atoms with Crippen molar-refractivity contribution < 1.29 is 4.79 Å². The normalized spacial score (nSPS) is 32.2. The SMILES string of the molecule is CCC[C@H]1[C@H]2C[C@H](CN(CC(=O)Nc3ccn(C)n3)C2)[C@@H]2CCCCN21. The Balaban J connectivity index is 1.41. The van der Waals surface area contributed by atoms with Gasteiger partial charge in [0.05, 0.1) is 6.54 Å². The highest BCUT2D eigenvalue weighted by molar-refractivity contribution is 5.91. The predicted molar refractivity (Wildman–Crippen MR) is 103 cm³/mol. The number of hydrogen-bond donors (Lipinski definition) is 1. The minimum absolute atomic E-state index is 0.0659. The number of nitrogens with one attached hydrogen (secondary N) is 1. The van der Waals surface area contributed by atoms with E-state index >= 15 is 0 Å². The molecular weight excluding hydrogens is 326 g/mol. The Morgan fingerprint density at radius 3 is 2.92 bits per heavy atom. The Hall–Kier alpha value is -1.40. The first-order chi connectivity index (χ1) is 12.6. The van der Waals surface area contributed by atoms with Crippen LogP contribution in [0.1, 0.15) is 45.4 Å². The van der Waals surface area contributed by atoms with Crippen LogP contribution >= 0.6 is 0 Å². The molecule has 144 valence electrons. The van der Waals surface area contributed by atoms with Gasteiger partial charge in [0.15, 0.2) is 5.82 Å². The molecule has 3 saturated heterocycles. The smallest absolute Gasteiger partial charge is 0.239 e. The summed E-state index contributed by atoms with van der Waals surface area (Å²) in [7, 11) is 1.87. The van der Waals surface area contributed by atoms with E-state index < -0.39 is 0 Å². The fraction of sp³-hybridized carbons (Fsp3) is 0.800. The van der Waals surface area contributed by atoms with Gasteiger partial charge in [0.2, 0.25) is 5.91 Å². The third kappa shape index (κ3) is 3.67. The number of anilines is 1. The molecule has 0 radical (unpaired) electrons. The summed E-state index contributed by atoms with van der Waals surface area (Å²) in [5.74, 6) is 2.18. The monoisotopic (exact) mass is 359 g/mol. The average Bonchev–Trinajstić information content (AvgIpc) is 3.03. The summed E-state index contributed by atoms with van der Waals surface area (Å²) < 4.78 is 1.72. The lowest BCUT2D eigenvalue weighted by Crippen LogP contribution is -2.63. The van der Waals surface area contributed by atoms with Crippen molar-refractivity contribution in [3.05, 3.63) is 12.3 Å². The molecule has 0 aromatic carbocycles. The number of likely N-dealkylation sites (tertiary alicyclic amines) is 1. The van der Waals surface area contributed by atoms with Gasteiger partial charge >= 0.3 is 0 Å². The minimum atomic E-state index is 0.0659. The van der Waals surface area contributed by atoms with Crippen molar-refractivity contribution in [1.82, 2.24) is 19.6 Å². The molecule has 3 fully saturated rings. The fourth-order valence-electron chi connectivity index (χ4n) is 5.70. The highest BCUT2D eigenvalue weighted by Gasteiger charge is 2.46. The fourth-order valence-corrected chi connectivity index (χ4v) is 5.70. The van der Waals surface area contributed by atoms with E-state index in [1.54, 1.807) is 4.68 Å². The van der Waals surface area contributed by atoms with E-state index in [-0.39, 0.29) is 5.91 Å². The standard InChI is InChI=1S/C20H33N5O/c1-3-6-17-15-11-16(18-7-4-5-9-25(17)18)13-24(12-15)14-20(26)21-19-8-10-23(2)22-19/h8,10,15-18H,3-7,9,11-14H2,1-2H3,(H,21,22,26)/t15-,16+,17-,18-/m0/s1. The quantitative estimate of drug-likeness (QED) is 0.877. The van der Waals surface area contributed by atoms with E-state index in [4.69, 9.17) is 0 Å². The van der Waals surface area contributed by atoms with Gasteiger partial charge in [-0.05, 0) is 44.1 Å². The summed E-state index contributed by atoms with van der Waals surface area (Å²) in [6.45, 7) is 6.25. The molecular formula is C20H33N5O. The minimum Gasteiger partial charge on any atom is -0.308 e. The van der Waals surface area contributed by atoms with E-state index in [1.807, 2.05) is 19.3 Å². The number of fused-ring (bicyclic) bond motifs is 4. The maximum absolute atomic E-state index is 12.5. The molecule has 4 heterocycles. The van der Waals surface area contributed by atoms with Gasteiger partial charge in [0.1, 0.15) is 0 Å². The second-order valence-electron chi connectivity index (χ2n) is 8.53. The molecule has 4 rings (SSSR count). The van der Waals surface area contributed by atoms with E-state index in [2.05, 4.69) is 27.1 Å². The summed E-state index contributed by atoms with van der Waals surface area (Å²) in [6, 6.07) is 3.32. The van der Waals surface area contributed by atoms with Crippen LogP contribution in [0.25, 0.3) is 0 Å². The van der Waals surface area contributed by atoms with Crippen LogP contribution in [-0.4, -0.2) is 63.8 Å². The van der Waals surface area contributed by atoms with E-state index in [9.17, 15) is 4.79 Å². The van der Waals surface area contributed by atoms with E-state index in [0.29, 0.717) is 12.4 Å². The molecule has 0 spiro atoms. The first-order valence-corrected chi connectivity index (χ1v) is 10.4. The Kier molecular flexibility index (Phi) is 5.32. The number of aryl methyl sites for hydroxylation is 1. The third-order valence-corrected chi connectivity index (χ3v) is 6.63. The second-order valence-corrected chi connectivity index (χ2v) is 8.53. The van der Waals surface area contributed by atoms with Crippen LogP contribution in [0.3, 0.4) is 0 Å². The van der Waals surface area contributed by atoms with Crippen molar-refractivity contribution in [2.75, 3.05) is 31.5 Å². The van der Waals surface area contributed by atoms with Crippen molar-refractivity contribution in [3.63, 3.8) is 0 Å². The molecule has 3 aliphatic heterocycles. The topological polar surface area (TPSA) is 53.4 Å². The molecule has 6 heteroatoms. The molecule has 6 nitrogen and oxygen atoms in total. The Morgan fingerprint density at radius 2 is 2.15 bits per heavy atom. The second kappa shape index (κ2) is 7.69. The molecule has 26 heavy (non-hydrogen) atoms. The van der Waals surface area contributed by atoms with Gasteiger partial charge < -0.3 is 5.32 Å². The summed E-state index contributed by atoms with van der Waals surface area (Å²) in [6.07, 6.45) is 9.88. The van der Waals surface area contributed by atoms with Crippen molar-refractivity contribution in [1.29, 1.82) is 0 Å². The van der Waals surface area contributed by atoms with Crippen LogP contribution in [0.2, 0.25) is 0 Å². The lowest BCUT2D eigenvalue weighted by Gasteiger charge is -2.57. The number of aromatic nitrogens is 2. The molecule has 4 atom stereocenters. The summed E-state index contributed by atoms with van der Waals surface area (Å²) in [4.78, 5) is 17.8.